The zero-order valence-corrected chi connectivity index (χ0v) is 11.6. The summed E-state index contributed by atoms with van der Waals surface area (Å²) in [4.78, 5) is 30.1. The van der Waals surface area contributed by atoms with Gasteiger partial charge in [0.25, 0.3) is 5.91 Å². The van der Waals surface area contributed by atoms with Gasteiger partial charge in [0, 0.05) is 19.0 Å². The summed E-state index contributed by atoms with van der Waals surface area (Å²) in [5.74, 6) is 0.886. The molecular formula is C13H19N5O2. The molecule has 1 aromatic heterocycles. The van der Waals surface area contributed by atoms with Gasteiger partial charge < -0.3 is 10.2 Å². The lowest BCUT2D eigenvalue weighted by Gasteiger charge is -2.20. The highest BCUT2D eigenvalue weighted by molar-refractivity contribution is 5.94. The van der Waals surface area contributed by atoms with Gasteiger partial charge in [0.2, 0.25) is 11.7 Å². The Hall–Kier alpha value is -1.92. The third-order valence-corrected chi connectivity index (χ3v) is 3.81. The Kier molecular flexibility index (Phi) is 3.42. The highest BCUT2D eigenvalue weighted by atomic mass is 16.2. The van der Waals surface area contributed by atoms with Crippen LogP contribution in [0.3, 0.4) is 0 Å². The fourth-order valence-corrected chi connectivity index (χ4v) is 2.45. The fraction of sp³-hybridized carbons (Fsp3) is 0.692. The molecule has 0 bridgehead atoms. The zero-order chi connectivity index (χ0) is 14.1. The van der Waals surface area contributed by atoms with Gasteiger partial charge in [-0.2, -0.15) is 0 Å². The first-order valence-corrected chi connectivity index (χ1v) is 7.17. The average Bonchev–Trinajstić information content (AvgIpc) is 2.97. The minimum absolute atomic E-state index is 0.0335. The van der Waals surface area contributed by atoms with E-state index in [1.54, 1.807) is 11.8 Å². The highest BCUT2D eigenvalue weighted by Crippen LogP contribution is 2.37. The molecule has 1 atom stereocenters. The van der Waals surface area contributed by atoms with Gasteiger partial charge in [-0.15, -0.1) is 5.10 Å². The molecule has 2 fully saturated rings. The van der Waals surface area contributed by atoms with Crippen LogP contribution in [0.2, 0.25) is 0 Å². The summed E-state index contributed by atoms with van der Waals surface area (Å²) in [6.45, 7) is 3.27. The van der Waals surface area contributed by atoms with E-state index in [-0.39, 0.29) is 11.7 Å². The third-order valence-electron chi connectivity index (χ3n) is 3.81. The fourth-order valence-electron chi connectivity index (χ4n) is 2.45. The smallest absolute Gasteiger partial charge is 0.291 e. The minimum Gasteiger partial charge on any atom is -0.341 e. The molecular weight excluding hydrogens is 258 g/mol. The number of hydrogen-bond acceptors (Lipinski definition) is 4. The second-order valence-corrected chi connectivity index (χ2v) is 5.55. The number of nitrogens with zero attached hydrogens (tertiary/aromatic N) is 3. The van der Waals surface area contributed by atoms with E-state index in [4.69, 9.17) is 0 Å². The normalized spacial score (nSPS) is 19.9. The van der Waals surface area contributed by atoms with Crippen molar-refractivity contribution in [2.45, 2.75) is 44.6 Å². The molecule has 2 heterocycles. The summed E-state index contributed by atoms with van der Waals surface area (Å²) < 4.78 is 0. The standard InChI is InChI=1S/C13H19N5O2/c1-8(13(20)18-6-2-3-7-18)14-12(19)11-15-10(16-17-11)9-4-5-9/h8-9H,2-7H2,1H3,(H,14,19)(H,15,16,17). The molecule has 0 spiro atoms. The van der Waals surface area contributed by atoms with Crippen LogP contribution < -0.4 is 5.32 Å². The summed E-state index contributed by atoms with van der Waals surface area (Å²) in [6, 6.07) is -0.538. The Morgan fingerprint density at radius 3 is 2.70 bits per heavy atom. The van der Waals surface area contributed by atoms with E-state index in [9.17, 15) is 9.59 Å². The highest BCUT2D eigenvalue weighted by Gasteiger charge is 2.29. The molecule has 2 N–H and O–H groups in total. The number of likely N-dealkylation sites (tertiary alicyclic amines) is 1. The molecule has 20 heavy (non-hydrogen) atoms. The Labute approximate surface area is 117 Å². The van der Waals surface area contributed by atoms with Crippen molar-refractivity contribution in [1.29, 1.82) is 0 Å². The van der Waals surface area contributed by atoms with Crippen molar-refractivity contribution in [3.8, 4) is 0 Å². The molecule has 3 rings (SSSR count). The Morgan fingerprint density at radius 1 is 1.35 bits per heavy atom. The average molecular weight is 277 g/mol. The number of carbonyl (C=O) groups is 2. The van der Waals surface area contributed by atoms with Gasteiger partial charge in [-0.25, -0.2) is 4.98 Å². The van der Waals surface area contributed by atoms with Crippen LogP contribution >= 0.6 is 0 Å². The Balaban J connectivity index is 1.57. The van der Waals surface area contributed by atoms with Crippen molar-refractivity contribution in [2.75, 3.05) is 13.1 Å². The van der Waals surface area contributed by atoms with Gasteiger partial charge in [0.15, 0.2) is 0 Å². The van der Waals surface area contributed by atoms with Crippen LogP contribution in [0.5, 0.6) is 0 Å². The Morgan fingerprint density at radius 2 is 2.05 bits per heavy atom. The zero-order valence-electron chi connectivity index (χ0n) is 11.6. The van der Waals surface area contributed by atoms with Crippen LogP contribution in [-0.2, 0) is 4.79 Å². The lowest BCUT2D eigenvalue weighted by atomic mass is 10.3. The number of rotatable bonds is 4. The van der Waals surface area contributed by atoms with Crippen LogP contribution in [0.25, 0.3) is 0 Å². The largest absolute Gasteiger partial charge is 0.341 e. The van der Waals surface area contributed by atoms with Gasteiger partial charge in [-0.3, -0.25) is 14.7 Å². The van der Waals surface area contributed by atoms with Crippen LogP contribution in [0.4, 0.5) is 0 Å². The number of carbonyl (C=O) groups excluding carboxylic acids is 2. The quantitative estimate of drug-likeness (QED) is 0.834. The lowest BCUT2D eigenvalue weighted by molar-refractivity contribution is -0.131. The molecule has 7 nitrogen and oxygen atoms in total. The van der Waals surface area contributed by atoms with Crippen molar-refractivity contribution in [3.05, 3.63) is 11.6 Å². The van der Waals surface area contributed by atoms with E-state index in [1.165, 1.54) is 0 Å². The maximum atomic E-state index is 12.1. The molecule has 108 valence electrons. The van der Waals surface area contributed by atoms with Crippen molar-refractivity contribution in [1.82, 2.24) is 25.4 Å². The maximum absolute atomic E-state index is 12.1. The number of hydrogen-bond donors (Lipinski definition) is 2. The first-order chi connectivity index (χ1) is 9.65. The molecule has 1 aromatic rings. The van der Waals surface area contributed by atoms with Crippen molar-refractivity contribution in [3.63, 3.8) is 0 Å². The maximum Gasteiger partial charge on any atom is 0.291 e. The van der Waals surface area contributed by atoms with E-state index < -0.39 is 11.9 Å². The SMILES string of the molecule is CC(NC(=O)c1n[nH]c(C2CC2)n1)C(=O)N1CCCC1. The van der Waals surface area contributed by atoms with E-state index in [0.29, 0.717) is 5.92 Å². The van der Waals surface area contributed by atoms with Crippen LogP contribution in [0, 0.1) is 0 Å². The van der Waals surface area contributed by atoms with Crippen LogP contribution in [-0.4, -0.2) is 51.0 Å². The molecule has 0 aromatic carbocycles. The molecule has 1 saturated carbocycles. The van der Waals surface area contributed by atoms with Gasteiger partial charge in [0.1, 0.15) is 11.9 Å². The predicted molar refractivity (Wildman–Crippen MR) is 71.1 cm³/mol. The predicted octanol–water partition coefficient (Wildman–Crippen LogP) is 0.423. The van der Waals surface area contributed by atoms with Gasteiger partial charge in [0.05, 0.1) is 0 Å². The number of aromatic nitrogens is 3. The molecule has 1 unspecified atom stereocenters. The van der Waals surface area contributed by atoms with E-state index >= 15 is 0 Å². The molecule has 7 heteroatoms. The third kappa shape index (κ3) is 2.66. The van der Waals surface area contributed by atoms with Crippen molar-refractivity contribution >= 4 is 11.8 Å². The van der Waals surface area contributed by atoms with Crippen molar-refractivity contribution in [2.24, 2.45) is 0 Å². The topological polar surface area (TPSA) is 91.0 Å². The second kappa shape index (κ2) is 5.22. The summed E-state index contributed by atoms with van der Waals surface area (Å²) in [5, 5.41) is 9.37. The number of amides is 2. The summed E-state index contributed by atoms with van der Waals surface area (Å²) in [7, 11) is 0. The van der Waals surface area contributed by atoms with Gasteiger partial charge in [-0.1, -0.05) is 0 Å². The first kappa shape index (κ1) is 13.1. The molecule has 2 aliphatic rings. The van der Waals surface area contributed by atoms with E-state index in [1.807, 2.05) is 0 Å². The monoisotopic (exact) mass is 277 g/mol. The summed E-state index contributed by atoms with van der Waals surface area (Å²) in [5.41, 5.74) is 0. The summed E-state index contributed by atoms with van der Waals surface area (Å²) in [6.07, 6.45) is 4.27. The number of nitrogens with one attached hydrogen (secondary N) is 2. The minimum atomic E-state index is -0.538. The molecule has 0 radical (unpaired) electrons. The molecule has 1 aliphatic heterocycles. The van der Waals surface area contributed by atoms with Crippen LogP contribution in [0.15, 0.2) is 0 Å². The Bertz CT molecular complexity index is 517. The number of H-pyrrole nitrogens is 1. The second-order valence-electron chi connectivity index (χ2n) is 5.55. The first-order valence-electron chi connectivity index (χ1n) is 7.17. The molecule has 1 aliphatic carbocycles. The number of aromatic amines is 1. The van der Waals surface area contributed by atoms with Crippen LogP contribution in [0.1, 0.15) is 55.0 Å². The summed E-state index contributed by atoms with van der Waals surface area (Å²) >= 11 is 0. The molecule has 2 amide bonds. The van der Waals surface area contributed by atoms with E-state index in [2.05, 4.69) is 20.5 Å². The van der Waals surface area contributed by atoms with E-state index in [0.717, 1.165) is 44.6 Å². The van der Waals surface area contributed by atoms with Gasteiger partial charge in [-0.05, 0) is 32.6 Å². The molecule has 1 saturated heterocycles. The van der Waals surface area contributed by atoms with Gasteiger partial charge >= 0.3 is 0 Å². The van der Waals surface area contributed by atoms with Crippen molar-refractivity contribution < 1.29 is 9.59 Å². The lowest BCUT2D eigenvalue weighted by Crippen LogP contribution is -2.46.